The van der Waals surface area contributed by atoms with Crippen LogP contribution in [0.3, 0.4) is 0 Å². The predicted octanol–water partition coefficient (Wildman–Crippen LogP) is 3.43. The summed E-state index contributed by atoms with van der Waals surface area (Å²) in [4.78, 5) is 14.4. The molecule has 0 saturated carbocycles. The summed E-state index contributed by atoms with van der Waals surface area (Å²) in [6.07, 6.45) is -0.675. The van der Waals surface area contributed by atoms with E-state index >= 15 is 4.39 Å². The van der Waals surface area contributed by atoms with E-state index in [2.05, 4.69) is 37.4 Å². The lowest BCUT2D eigenvalue weighted by Crippen LogP contribution is -2.49. The van der Waals surface area contributed by atoms with Gasteiger partial charge in [0.2, 0.25) is 16.0 Å². The smallest absolute Gasteiger partial charge is 0.369 e. The Balaban J connectivity index is 1.42. The third kappa shape index (κ3) is 6.46. The monoisotopic (exact) mass is 596 g/mol. The molecule has 1 atom stereocenters. The first-order valence-electron chi connectivity index (χ1n) is 13.3. The number of aromatic nitrogens is 4. The second kappa shape index (κ2) is 11.2. The minimum Gasteiger partial charge on any atom is -0.369 e. The molecule has 3 aromatic rings. The lowest BCUT2D eigenvalue weighted by Gasteiger charge is -2.33. The number of nitrogens with one attached hydrogen (secondary N) is 2. The van der Waals surface area contributed by atoms with Crippen LogP contribution in [0.4, 0.5) is 29.2 Å². The van der Waals surface area contributed by atoms with Gasteiger partial charge in [-0.25, -0.2) is 32.1 Å². The molecule has 0 unspecified atom stereocenters. The van der Waals surface area contributed by atoms with Gasteiger partial charge in [0.15, 0.2) is 0 Å². The van der Waals surface area contributed by atoms with Crippen molar-refractivity contribution in [2.45, 2.75) is 44.9 Å². The topological polar surface area (TPSA) is 108 Å². The predicted molar refractivity (Wildman–Crippen MR) is 147 cm³/mol. The van der Waals surface area contributed by atoms with Crippen LogP contribution in [0.25, 0.3) is 17.1 Å². The first-order valence-corrected chi connectivity index (χ1v) is 15.1. The molecule has 0 radical (unpaired) electrons. The fraction of sp³-hybridized carbons (Fsp3) is 0.500. The number of piperidine rings is 1. The van der Waals surface area contributed by atoms with Crippen LogP contribution >= 0.6 is 0 Å². The van der Waals surface area contributed by atoms with Crippen LogP contribution in [0, 0.1) is 12.7 Å². The zero-order valence-corrected chi connectivity index (χ0v) is 23.7. The molecular weight excluding hydrogens is 564 g/mol. The maximum Gasteiger partial charge on any atom is 0.420 e. The van der Waals surface area contributed by atoms with Crippen LogP contribution in [0.2, 0.25) is 0 Å². The Hall–Kier alpha value is -3.30. The van der Waals surface area contributed by atoms with Gasteiger partial charge in [0.25, 0.3) is 0 Å². The molecule has 2 saturated heterocycles. The average molecular weight is 597 g/mol. The Bertz CT molecular complexity index is 1520. The minimum absolute atomic E-state index is 0.0289. The second-order valence-corrected chi connectivity index (χ2v) is 12.5. The standard InChI is InChI=1S/C26H32F4N8O2S/c1-16-14-36(11-8-31-16)19-4-5-23(21(27)12-19)38-15-22(33-17(38)2)24-20(26(28,29)30)13-32-25(35-24)34-18-6-9-37(10-7-18)41(3,39)40/h4-5,12-13,15-16,18,31H,6-11,14H2,1-3H3,(H,32,34,35)/t16-/m1/s1. The van der Waals surface area contributed by atoms with Gasteiger partial charge in [0, 0.05) is 62.9 Å². The Morgan fingerprint density at radius 1 is 1.12 bits per heavy atom. The minimum atomic E-state index is -4.75. The first-order chi connectivity index (χ1) is 19.3. The molecule has 2 aliphatic rings. The molecule has 0 spiro atoms. The average Bonchev–Trinajstić information content (AvgIpc) is 3.29. The number of rotatable bonds is 6. The number of nitrogens with zero attached hydrogens (tertiary/aromatic N) is 6. The van der Waals surface area contributed by atoms with Gasteiger partial charge in [-0.3, -0.25) is 0 Å². The van der Waals surface area contributed by atoms with E-state index in [9.17, 15) is 21.6 Å². The molecule has 1 aromatic carbocycles. The number of benzene rings is 1. The molecule has 0 amide bonds. The van der Waals surface area contributed by atoms with E-state index in [1.807, 2.05) is 0 Å². The highest BCUT2D eigenvalue weighted by Crippen LogP contribution is 2.36. The van der Waals surface area contributed by atoms with Gasteiger partial charge >= 0.3 is 6.18 Å². The molecule has 2 fully saturated rings. The fourth-order valence-corrected chi connectivity index (χ4v) is 6.13. The molecule has 222 valence electrons. The molecular formula is C26H32F4N8O2S. The number of alkyl halides is 3. The number of anilines is 2. The summed E-state index contributed by atoms with van der Waals surface area (Å²) >= 11 is 0. The Morgan fingerprint density at radius 2 is 1.85 bits per heavy atom. The van der Waals surface area contributed by atoms with Crippen LogP contribution < -0.4 is 15.5 Å². The zero-order valence-electron chi connectivity index (χ0n) is 22.9. The van der Waals surface area contributed by atoms with E-state index in [0.717, 1.165) is 31.6 Å². The Kier molecular flexibility index (Phi) is 7.96. The van der Waals surface area contributed by atoms with Gasteiger partial charge < -0.3 is 20.1 Å². The van der Waals surface area contributed by atoms with E-state index in [0.29, 0.717) is 19.0 Å². The molecule has 0 bridgehead atoms. The molecule has 2 aromatic heterocycles. The number of piperazine rings is 1. The summed E-state index contributed by atoms with van der Waals surface area (Å²) in [5.41, 5.74) is -0.690. The SMILES string of the molecule is Cc1nc(-c2nc(NC3CCN(S(C)(=O)=O)CC3)ncc2C(F)(F)F)cn1-c1ccc(N2CCN[C@H](C)C2)cc1F. The molecule has 10 nitrogen and oxygen atoms in total. The van der Waals surface area contributed by atoms with Crippen molar-refractivity contribution in [2.75, 3.05) is 49.2 Å². The van der Waals surface area contributed by atoms with Gasteiger partial charge in [-0.15, -0.1) is 0 Å². The van der Waals surface area contributed by atoms with Gasteiger partial charge in [-0.2, -0.15) is 13.2 Å². The van der Waals surface area contributed by atoms with Crippen LogP contribution in [-0.2, 0) is 16.2 Å². The van der Waals surface area contributed by atoms with E-state index in [4.69, 9.17) is 0 Å². The number of hydrogen-bond donors (Lipinski definition) is 2. The van der Waals surface area contributed by atoms with Crippen molar-refractivity contribution in [3.8, 4) is 17.1 Å². The molecule has 4 heterocycles. The molecule has 2 N–H and O–H groups in total. The molecule has 0 aliphatic carbocycles. The number of imidazole rings is 1. The maximum absolute atomic E-state index is 15.3. The third-order valence-electron chi connectivity index (χ3n) is 7.40. The van der Waals surface area contributed by atoms with Crippen molar-refractivity contribution in [3.63, 3.8) is 0 Å². The van der Waals surface area contributed by atoms with Crippen molar-refractivity contribution >= 4 is 21.7 Å². The highest BCUT2D eigenvalue weighted by Gasteiger charge is 2.37. The van der Waals surface area contributed by atoms with E-state index in [-0.39, 0.29) is 48.3 Å². The van der Waals surface area contributed by atoms with Crippen molar-refractivity contribution in [2.24, 2.45) is 0 Å². The summed E-state index contributed by atoms with van der Waals surface area (Å²) in [6.45, 7) is 6.45. The summed E-state index contributed by atoms with van der Waals surface area (Å²) in [5, 5.41) is 6.37. The Labute approximate surface area is 235 Å². The van der Waals surface area contributed by atoms with Gasteiger partial charge in [-0.1, -0.05) is 0 Å². The largest absolute Gasteiger partial charge is 0.420 e. The zero-order chi connectivity index (χ0) is 29.5. The van der Waals surface area contributed by atoms with Gasteiger partial charge in [-0.05, 0) is 44.9 Å². The van der Waals surface area contributed by atoms with Gasteiger partial charge in [0.1, 0.15) is 28.6 Å². The third-order valence-corrected chi connectivity index (χ3v) is 8.70. The number of aryl methyl sites for hydroxylation is 1. The Morgan fingerprint density at radius 3 is 2.49 bits per heavy atom. The van der Waals surface area contributed by atoms with Crippen molar-refractivity contribution in [1.82, 2.24) is 29.1 Å². The second-order valence-electron chi connectivity index (χ2n) is 10.5. The van der Waals surface area contributed by atoms with Crippen LogP contribution in [0.15, 0.2) is 30.6 Å². The van der Waals surface area contributed by atoms with Crippen LogP contribution in [0.1, 0.15) is 31.2 Å². The van der Waals surface area contributed by atoms with Gasteiger partial charge in [0.05, 0.1) is 11.9 Å². The summed E-state index contributed by atoms with van der Waals surface area (Å²) in [7, 11) is -3.32. The number of hydrogen-bond acceptors (Lipinski definition) is 8. The molecule has 2 aliphatic heterocycles. The van der Waals surface area contributed by atoms with Crippen molar-refractivity contribution in [1.29, 1.82) is 0 Å². The van der Waals surface area contributed by atoms with E-state index < -0.39 is 33.3 Å². The van der Waals surface area contributed by atoms with Crippen molar-refractivity contribution in [3.05, 3.63) is 47.8 Å². The summed E-state index contributed by atoms with van der Waals surface area (Å²) in [5.74, 6) is -0.266. The molecule has 15 heteroatoms. The molecule has 5 rings (SSSR count). The lowest BCUT2D eigenvalue weighted by molar-refractivity contribution is -0.137. The highest BCUT2D eigenvalue weighted by atomic mass is 32.2. The summed E-state index contributed by atoms with van der Waals surface area (Å²) < 4.78 is 83.5. The van der Waals surface area contributed by atoms with E-state index in [1.165, 1.54) is 21.1 Å². The first kappa shape index (κ1) is 29.2. The highest BCUT2D eigenvalue weighted by molar-refractivity contribution is 7.88. The number of sulfonamides is 1. The summed E-state index contributed by atoms with van der Waals surface area (Å²) in [6, 6.07) is 4.85. The van der Waals surface area contributed by atoms with Crippen LogP contribution in [-0.4, -0.2) is 83.3 Å². The van der Waals surface area contributed by atoms with Crippen molar-refractivity contribution < 1.29 is 26.0 Å². The number of halogens is 4. The van der Waals surface area contributed by atoms with Crippen LogP contribution in [0.5, 0.6) is 0 Å². The quantitative estimate of drug-likeness (QED) is 0.417. The lowest BCUT2D eigenvalue weighted by atomic mass is 10.1. The maximum atomic E-state index is 15.3. The molecule has 41 heavy (non-hydrogen) atoms. The fourth-order valence-electron chi connectivity index (χ4n) is 5.25. The normalized spacial score (nSPS) is 19.5. The van der Waals surface area contributed by atoms with E-state index in [1.54, 1.807) is 19.1 Å².